The zero-order valence-corrected chi connectivity index (χ0v) is 15.3. The highest BCUT2D eigenvalue weighted by molar-refractivity contribution is 5.73. The summed E-state index contributed by atoms with van der Waals surface area (Å²) in [5.74, 6) is 0.246. The van der Waals surface area contributed by atoms with Gasteiger partial charge in [-0.25, -0.2) is 0 Å². The van der Waals surface area contributed by atoms with Crippen LogP contribution in [-0.4, -0.2) is 20.1 Å². The molecule has 0 radical (unpaired) electrons. The first-order valence-electron chi connectivity index (χ1n) is 8.28. The topological polar surface area (TPSA) is 50.9 Å². The Hall–Kier alpha value is -2.36. The van der Waals surface area contributed by atoms with E-state index in [1.165, 1.54) is 0 Å². The van der Waals surface area contributed by atoms with Crippen molar-refractivity contribution < 1.29 is 5.11 Å². The molecule has 0 aliphatic rings. The summed E-state index contributed by atoms with van der Waals surface area (Å²) in [7, 11) is 0. The molecule has 4 nitrogen and oxygen atoms in total. The Morgan fingerprint density at radius 2 is 1.38 bits per heavy atom. The number of phenolic OH excluding ortho intramolecular Hbond substituents is 1. The molecule has 1 heterocycles. The van der Waals surface area contributed by atoms with Crippen LogP contribution < -0.4 is 0 Å². The van der Waals surface area contributed by atoms with Crippen molar-refractivity contribution in [3.8, 4) is 11.4 Å². The first-order chi connectivity index (χ1) is 11.1. The molecular weight excluding hydrogens is 298 g/mol. The molecule has 2 aromatic carbocycles. The minimum atomic E-state index is -0.174. The molecule has 0 aliphatic carbocycles. The molecule has 0 spiro atoms. The smallest absolute Gasteiger partial charge is 0.146 e. The van der Waals surface area contributed by atoms with E-state index in [0.717, 1.165) is 22.2 Å². The van der Waals surface area contributed by atoms with Crippen molar-refractivity contribution >= 4 is 11.0 Å². The summed E-state index contributed by atoms with van der Waals surface area (Å²) in [4.78, 5) is 1.55. The number of hydrogen-bond acceptors (Lipinski definition) is 3. The van der Waals surface area contributed by atoms with Crippen LogP contribution in [0.25, 0.3) is 16.7 Å². The minimum absolute atomic E-state index is 0.0327. The first-order valence-corrected chi connectivity index (χ1v) is 8.28. The van der Waals surface area contributed by atoms with E-state index >= 15 is 0 Å². The van der Waals surface area contributed by atoms with Gasteiger partial charge in [-0.15, -0.1) is 15.0 Å². The van der Waals surface area contributed by atoms with Crippen molar-refractivity contribution in [1.82, 2.24) is 15.0 Å². The molecule has 0 aliphatic heterocycles. The zero-order valence-electron chi connectivity index (χ0n) is 15.3. The van der Waals surface area contributed by atoms with Gasteiger partial charge in [0.15, 0.2) is 0 Å². The molecule has 0 fully saturated rings. The summed E-state index contributed by atoms with van der Waals surface area (Å²) in [6.45, 7) is 12.8. The van der Waals surface area contributed by atoms with Crippen molar-refractivity contribution in [2.75, 3.05) is 0 Å². The van der Waals surface area contributed by atoms with Crippen LogP contribution >= 0.6 is 0 Å². The second kappa shape index (κ2) is 5.33. The molecule has 1 N–H and O–H groups in total. The van der Waals surface area contributed by atoms with Crippen LogP contribution in [0, 0.1) is 0 Å². The van der Waals surface area contributed by atoms with Crippen LogP contribution in [0.5, 0.6) is 5.75 Å². The average molecular weight is 323 g/mol. The Morgan fingerprint density at radius 1 is 0.833 bits per heavy atom. The van der Waals surface area contributed by atoms with Gasteiger partial charge < -0.3 is 5.11 Å². The Labute approximate surface area is 143 Å². The maximum atomic E-state index is 10.9. The second-order valence-electron chi connectivity index (χ2n) is 8.37. The average Bonchev–Trinajstić information content (AvgIpc) is 2.88. The van der Waals surface area contributed by atoms with Crippen LogP contribution in [0.4, 0.5) is 0 Å². The van der Waals surface area contributed by atoms with Crippen LogP contribution in [0.3, 0.4) is 0 Å². The summed E-state index contributed by atoms with van der Waals surface area (Å²) >= 11 is 0. The molecule has 3 aromatic rings. The van der Waals surface area contributed by atoms with Crippen LogP contribution in [0.2, 0.25) is 0 Å². The molecule has 126 valence electrons. The predicted octanol–water partition coefficient (Wildman–Crippen LogP) is 4.72. The fourth-order valence-corrected chi connectivity index (χ4v) is 2.74. The van der Waals surface area contributed by atoms with E-state index in [2.05, 4.69) is 57.8 Å². The van der Waals surface area contributed by atoms with Crippen LogP contribution in [-0.2, 0) is 10.8 Å². The lowest BCUT2D eigenvalue weighted by atomic mass is 9.80. The summed E-state index contributed by atoms with van der Waals surface area (Å²) in [5.41, 5.74) is 4.11. The third-order valence-corrected chi connectivity index (χ3v) is 4.27. The van der Waals surface area contributed by atoms with E-state index in [1.807, 2.05) is 30.3 Å². The maximum absolute atomic E-state index is 10.9. The van der Waals surface area contributed by atoms with Gasteiger partial charge in [-0.1, -0.05) is 59.7 Å². The SMILES string of the molecule is CC(C)(C)c1cc(-n2nc3ccccc3n2)c(O)c(C(C)(C)C)c1. The Morgan fingerprint density at radius 3 is 1.83 bits per heavy atom. The first kappa shape index (κ1) is 16.5. The van der Waals surface area contributed by atoms with E-state index in [0.29, 0.717) is 5.69 Å². The highest BCUT2D eigenvalue weighted by Crippen LogP contribution is 2.39. The third-order valence-electron chi connectivity index (χ3n) is 4.27. The molecule has 0 atom stereocenters. The van der Waals surface area contributed by atoms with E-state index < -0.39 is 0 Å². The van der Waals surface area contributed by atoms with Gasteiger partial charge in [0, 0.05) is 5.56 Å². The standard InChI is InChI=1S/C20H25N3O/c1-19(2,3)13-11-14(20(4,5)6)18(24)17(12-13)23-21-15-9-7-8-10-16(15)22-23/h7-12,24H,1-6H3. The molecule has 0 unspecified atom stereocenters. The van der Waals surface area contributed by atoms with Crippen molar-refractivity contribution in [3.63, 3.8) is 0 Å². The molecule has 4 heteroatoms. The van der Waals surface area contributed by atoms with Gasteiger partial charge in [-0.05, 0) is 34.6 Å². The summed E-state index contributed by atoms with van der Waals surface area (Å²) < 4.78 is 0. The molecule has 0 bridgehead atoms. The quantitative estimate of drug-likeness (QED) is 0.705. The molecule has 0 amide bonds. The van der Waals surface area contributed by atoms with E-state index in [1.54, 1.807) is 4.80 Å². The summed E-state index contributed by atoms with van der Waals surface area (Å²) in [6.07, 6.45) is 0. The molecule has 24 heavy (non-hydrogen) atoms. The predicted molar refractivity (Wildman–Crippen MR) is 97.9 cm³/mol. The fraction of sp³-hybridized carbons (Fsp3) is 0.400. The van der Waals surface area contributed by atoms with Gasteiger partial charge >= 0.3 is 0 Å². The Bertz CT molecular complexity index is 862. The lowest BCUT2D eigenvalue weighted by molar-refractivity contribution is 0.438. The number of fused-ring (bicyclic) bond motifs is 1. The molecule has 0 saturated carbocycles. The lowest BCUT2D eigenvalue weighted by Gasteiger charge is -2.27. The van der Waals surface area contributed by atoms with Gasteiger partial charge in [-0.3, -0.25) is 0 Å². The number of hydrogen-bond donors (Lipinski definition) is 1. The Kier molecular flexibility index (Phi) is 3.67. The number of aromatic hydroxyl groups is 1. The molecule has 0 saturated heterocycles. The van der Waals surface area contributed by atoms with Crippen molar-refractivity contribution in [2.45, 2.75) is 52.4 Å². The van der Waals surface area contributed by atoms with Crippen LogP contribution in [0.15, 0.2) is 36.4 Å². The number of rotatable bonds is 1. The van der Waals surface area contributed by atoms with Gasteiger partial charge in [0.25, 0.3) is 0 Å². The van der Waals surface area contributed by atoms with Crippen molar-refractivity contribution in [3.05, 3.63) is 47.5 Å². The largest absolute Gasteiger partial charge is 0.505 e. The highest BCUT2D eigenvalue weighted by atomic mass is 16.3. The van der Waals surface area contributed by atoms with Crippen molar-refractivity contribution in [2.24, 2.45) is 0 Å². The maximum Gasteiger partial charge on any atom is 0.146 e. The van der Waals surface area contributed by atoms with Crippen molar-refractivity contribution in [1.29, 1.82) is 0 Å². The number of phenols is 1. The number of aromatic nitrogens is 3. The van der Waals surface area contributed by atoms with Crippen LogP contribution in [0.1, 0.15) is 52.7 Å². The normalized spacial score (nSPS) is 12.8. The lowest BCUT2D eigenvalue weighted by Crippen LogP contribution is -2.18. The number of benzene rings is 2. The van der Waals surface area contributed by atoms with E-state index in [9.17, 15) is 5.11 Å². The summed E-state index contributed by atoms with van der Waals surface area (Å²) in [6, 6.07) is 11.8. The number of nitrogens with zero attached hydrogens (tertiary/aromatic N) is 3. The minimum Gasteiger partial charge on any atom is -0.505 e. The second-order valence-corrected chi connectivity index (χ2v) is 8.37. The zero-order chi connectivity index (χ0) is 17.7. The monoisotopic (exact) mass is 323 g/mol. The third kappa shape index (κ3) is 2.88. The molecular formula is C20H25N3O. The highest BCUT2D eigenvalue weighted by Gasteiger charge is 2.26. The van der Waals surface area contributed by atoms with E-state index in [-0.39, 0.29) is 16.6 Å². The van der Waals surface area contributed by atoms with E-state index in [4.69, 9.17) is 0 Å². The molecule has 3 rings (SSSR count). The summed E-state index contributed by atoms with van der Waals surface area (Å²) in [5, 5.41) is 20.0. The van der Waals surface area contributed by atoms with Gasteiger partial charge in [0.2, 0.25) is 0 Å². The van der Waals surface area contributed by atoms with Gasteiger partial charge in [-0.2, -0.15) is 0 Å². The Balaban J connectivity index is 2.30. The van der Waals surface area contributed by atoms with Gasteiger partial charge in [0.05, 0.1) is 0 Å². The van der Waals surface area contributed by atoms with Gasteiger partial charge in [0.1, 0.15) is 22.5 Å². The molecule has 1 aromatic heterocycles. The fourth-order valence-electron chi connectivity index (χ4n) is 2.74.